The number of halogens is 2. The van der Waals surface area contributed by atoms with Crippen molar-refractivity contribution in [3.63, 3.8) is 0 Å². The Kier molecular flexibility index (Phi) is 7.03. The Bertz CT molecular complexity index is 1300. The largest absolute Gasteiger partial charge is 0.312 e. The molecule has 0 atom stereocenters. The number of aryl methyl sites for hydroxylation is 2. The van der Waals surface area contributed by atoms with Gasteiger partial charge in [-0.1, -0.05) is 35.0 Å². The highest BCUT2D eigenvalue weighted by molar-refractivity contribution is 8.00. The Balaban J connectivity index is 1.62. The number of hydrogen-bond acceptors (Lipinski definition) is 6. The summed E-state index contributed by atoms with van der Waals surface area (Å²) in [6.07, 6.45) is 1.31. The molecular formula is C22H21Cl2N5O2S2. The minimum absolute atomic E-state index is 0.109. The molecule has 4 rings (SSSR count). The first-order chi connectivity index (χ1) is 15.7. The predicted molar refractivity (Wildman–Crippen MR) is 128 cm³/mol. The minimum atomic E-state index is -3.82. The number of hydrogen-bond donors (Lipinski definition) is 0. The van der Waals surface area contributed by atoms with Gasteiger partial charge in [-0.25, -0.2) is 8.42 Å². The summed E-state index contributed by atoms with van der Waals surface area (Å²) in [6, 6.07) is 12.0. The number of nitrogens with zero attached hydrogens (tertiary/aromatic N) is 5. The molecular weight excluding hydrogens is 501 g/mol. The third-order valence-electron chi connectivity index (χ3n) is 5.58. The quantitative estimate of drug-likeness (QED) is 0.455. The van der Waals surface area contributed by atoms with Gasteiger partial charge in [-0.05, 0) is 63.1 Å². The average Bonchev–Trinajstić information content (AvgIpc) is 3.11. The first-order valence-corrected chi connectivity index (χ1v) is 13.3. The Morgan fingerprint density at radius 1 is 1.03 bits per heavy atom. The Morgan fingerprint density at radius 2 is 1.64 bits per heavy atom. The van der Waals surface area contributed by atoms with Gasteiger partial charge in [0, 0.05) is 39.0 Å². The van der Waals surface area contributed by atoms with Gasteiger partial charge in [0.2, 0.25) is 10.0 Å². The molecule has 3 aromatic rings. The summed E-state index contributed by atoms with van der Waals surface area (Å²) in [7, 11) is -3.82. The van der Waals surface area contributed by atoms with Gasteiger partial charge in [-0.15, -0.1) is 10.2 Å². The Morgan fingerprint density at radius 3 is 2.21 bits per heavy atom. The van der Waals surface area contributed by atoms with E-state index in [1.54, 1.807) is 30.3 Å². The first-order valence-electron chi connectivity index (χ1n) is 10.3. The van der Waals surface area contributed by atoms with Crippen LogP contribution in [-0.4, -0.2) is 40.6 Å². The van der Waals surface area contributed by atoms with Crippen LogP contribution in [0, 0.1) is 25.2 Å². The zero-order chi connectivity index (χ0) is 23.8. The molecule has 33 heavy (non-hydrogen) atoms. The van der Waals surface area contributed by atoms with E-state index in [0.29, 0.717) is 45.8 Å². The standard InChI is InChI=1S/C22H21Cl2N5O2S2/c1-14-26-27-15(2)29(14)19-5-7-28(8-6-19)33(30,31)22-9-16(13-25)3-4-21(22)32-20-11-17(23)10-18(24)12-20/h3-4,9-12,19H,5-8H2,1-2H3. The van der Waals surface area contributed by atoms with Crippen LogP contribution >= 0.6 is 35.0 Å². The van der Waals surface area contributed by atoms with Crippen molar-refractivity contribution in [2.45, 2.75) is 47.4 Å². The molecule has 0 unspecified atom stereocenters. The van der Waals surface area contributed by atoms with E-state index in [9.17, 15) is 13.7 Å². The van der Waals surface area contributed by atoms with Crippen molar-refractivity contribution in [2.24, 2.45) is 0 Å². The fraction of sp³-hybridized carbons (Fsp3) is 0.318. The molecule has 1 fully saturated rings. The maximum Gasteiger partial charge on any atom is 0.244 e. The molecule has 172 valence electrons. The molecule has 11 heteroatoms. The highest BCUT2D eigenvalue weighted by atomic mass is 35.5. The zero-order valence-corrected chi connectivity index (χ0v) is 21.1. The summed E-state index contributed by atoms with van der Waals surface area (Å²) >= 11 is 13.5. The molecule has 0 amide bonds. The van der Waals surface area contributed by atoms with Crippen LogP contribution < -0.4 is 0 Å². The lowest BCUT2D eigenvalue weighted by atomic mass is 10.1. The predicted octanol–water partition coefficient (Wildman–Crippen LogP) is 5.25. The minimum Gasteiger partial charge on any atom is -0.312 e. The monoisotopic (exact) mass is 521 g/mol. The van der Waals surface area contributed by atoms with Crippen LogP contribution in [0.5, 0.6) is 0 Å². The van der Waals surface area contributed by atoms with Gasteiger partial charge in [0.1, 0.15) is 11.6 Å². The topological polar surface area (TPSA) is 91.9 Å². The smallest absolute Gasteiger partial charge is 0.244 e. The highest BCUT2D eigenvalue weighted by Crippen LogP contribution is 2.38. The normalized spacial score (nSPS) is 15.5. The van der Waals surface area contributed by atoms with Crippen LogP contribution in [0.4, 0.5) is 0 Å². The fourth-order valence-corrected chi connectivity index (χ4v) is 7.65. The van der Waals surface area contributed by atoms with Crippen LogP contribution in [0.15, 0.2) is 51.1 Å². The van der Waals surface area contributed by atoms with Crippen molar-refractivity contribution in [2.75, 3.05) is 13.1 Å². The lowest BCUT2D eigenvalue weighted by Gasteiger charge is -2.33. The van der Waals surface area contributed by atoms with Crippen LogP contribution in [0.3, 0.4) is 0 Å². The van der Waals surface area contributed by atoms with E-state index in [2.05, 4.69) is 14.8 Å². The highest BCUT2D eigenvalue weighted by Gasteiger charge is 2.33. The van der Waals surface area contributed by atoms with E-state index >= 15 is 0 Å². The summed E-state index contributed by atoms with van der Waals surface area (Å²) in [5.41, 5.74) is 0.285. The molecule has 1 aliphatic heterocycles. The van der Waals surface area contributed by atoms with Gasteiger partial charge < -0.3 is 4.57 Å². The van der Waals surface area contributed by atoms with E-state index in [1.807, 2.05) is 19.9 Å². The molecule has 2 heterocycles. The lowest BCUT2D eigenvalue weighted by Crippen LogP contribution is -2.39. The molecule has 0 N–H and O–H groups in total. The number of piperidine rings is 1. The van der Waals surface area contributed by atoms with Crippen molar-refractivity contribution in [1.29, 1.82) is 5.26 Å². The summed E-state index contributed by atoms with van der Waals surface area (Å²) in [5, 5.41) is 18.5. The van der Waals surface area contributed by atoms with E-state index in [-0.39, 0.29) is 16.5 Å². The van der Waals surface area contributed by atoms with Crippen LogP contribution in [0.25, 0.3) is 0 Å². The number of rotatable bonds is 5. The second-order valence-electron chi connectivity index (χ2n) is 7.78. The van der Waals surface area contributed by atoms with Crippen LogP contribution in [-0.2, 0) is 10.0 Å². The van der Waals surface area contributed by atoms with Crippen molar-refractivity contribution in [3.05, 3.63) is 63.7 Å². The number of aromatic nitrogens is 3. The molecule has 1 aliphatic rings. The van der Waals surface area contributed by atoms with Gasteiger partial charge in [0.25, 0.3) is 0 Å². The van der Waals surface area contributed by atoms with E-state index in [0.717, 1.165) is 11.6 Å². The maximum atomic E-state index is 13.6. The number of nitriles is 1. The number of sulfonamides is 1. The van der Waals surface area contributed by atoms with Crippen molar-refractivity contribution < 1.29 is 8.42 Å². The molecule has 7 nitrogen and oxygen atoms in total. The van der Waals surface area contributed by atoms with Gasteiger partial charge in [-0.2, -0.15) is 9.57 Å². The summed E-state index contributed by atoms with van der Waals surface area (Å²) < 4.78 is 30.9. The fourth-order valence-electron chi connectivity index (χ4n) is 4.06. The third kappa shape index (κ3) is 5.05. The third-order valence-corrected chi connectivity index (χ3v) is 9.13. The van der Waals surface area contributed by atoms with Crippen molar-refractivity contribution in [3.8, 4) is 6.07 Å². The first kappa shape index (κ1) is 24.0. The van der Waals surface area contributed by atoms with E-state index < -0.39 is 10.0 Å². The van der Waals surface area contributed by atoms with Crippen molar-refractivity contribution >= 4 is 45.0 Å². The summed E-state index contributed by atoms with van der Waals surface area (Å²) in [4.78, 5) is 1.34. The van der Waals surface area contributed by atoms with Crippen LogP contribution in [0.1, 0.15) is 36.1 Å². The van der Waals surface area contributed by atoms with Crippen LogP contribution in [0.2, 0.25) is 10.0 Å². The maximum absolute atomic E-state index is 13.6. The molecule has 1 saturated heterocycles. The molecule has 0 spiro atoms. The average molecular weight is 522 g/mol. The lowest BCUT2D eigenvalue weighted by molar-refractivity contribution is 0.268. The molecule has 1 aromatic heterocycles. The van der Waals surface area contributed by atoms with E-state index in [4.69, 9.17) is 23.2 Å². The summed E-state index contributed by atoms with van der Waals surface area (Å²) in [6.45, 7) is 4.55. The number of benzene rings is 2. The van der Waals surface area contributed by atoms with Gasteiger partial charge >= 0.3 is 0 Å². The molecule has 0 saturated carbocycles. The van der Waals surface area contributed by atoms with Gasteiger partial charge in [0.05, 0.1) is 16.5 Å². The molecule has 0 aliphatic carbocycles. The van der Waals surface area contributed by atoms with E-state index in [1.165, 1.54) is 22.1 Å². The second-order valence-corrected chi connectivity index (χ2v) is 11.7. The zero-order valence-electron chi connectivity index (χ0n) is 18.0. The molecule has 0 bridgehead atoms. The summed E-state index contributed by atoms with van der Waals surface area (Å²) in [5.74, 6) is 1.66. The Labute approximate surface area is 207 Å². The SMILES string of the molecule is Cc1nnc(C)n1C1CCN(S(=O)(=O)c2cc(C#N)ccc2Sc2cc(Cl)cc(Cl)c2)CC1. The van der Waals surface area contributed by atoms with Gasteiger partial charge in [-0.3, -0.25) is 0 Å². The second kappa shape index (κ2) is 9.65. The molecule has 2 aromatic carbocycles. The van der Waals surface area contributed by atoms with Gasteiger partial charge in [0.15, 0.2) is 0 Å². The molecule has 0 radical (unpaired) electrons. The Hall–Kier alpha value is -2.09. The van der Waals surface area contributed by atoms with Crippen molar-refractivity contribution in [1.82, 2.24) is 19.1 Å².